The molecule has 0 aliphatic rings. The van der Waals surface area contributed by atoms with Gasteiger partial charge in [0, 0.05) is 25.8 Å². The van der Waals surface area contributed by atoms with Gasteiger partial charge in [-0.3, -0.25) is 0 Å². The highest BCUT2D eigenvalue weighted by molar-refractivity contribution is 5.71. The molecule has 0 aliphatic carbocycles. The SMILES string of the molecule is COc1c(OCc2ccccc2)ccc(C(C=O)C(OC)(OC)c2ccc(OCc3ccccc3)cc2O)c1OC. The summed E-state index contributed by atoms with van der Waals surface area (Å²) in [6.07, 6.45) is 0.689. The minimum absolute atomic E-state index is 0.167. The van der Waals surface area contributed by atoms with E-state index in [9.17, 15) is 9.90 Å². The fourth-order valence-electron chi connectivity index (χ4n) is 4.79. The summed E-state index contributed by atoms with van der Waals surface area (Å²) in [5.41, 5.74) is 2.61. The van der Waals surface area contributed by atoms with Crippen LogP contribution in [0.15, 0.2) is 91.0 Å². The van der Waals surface area contributed by atoms with E-state index >= 15 is 0 Å². The zero-order valence-electron chi connectivity index (χ0n) is 23.5. The summed E-state index contributed by atoms with van der Waals surface area (Å²) < 4.78 is 35.0. The minimum Gasteiger partial charge on any atom is -0.507 e. The van der Waals surface area contributed by atoms with Crippen LogP contribution in [0.5, 0.6) is 28.7 Å². The molecule has 0 fully saturated rings. The number of aromatic hydroxyl groups is 1. The molecule has 0 aromatic heterocycles. The predicted octanol–water partition coefficient (Wildman–Crippen LogP) is 6.00. The number of hydrogen-bond acceptors (Lipinski definition) is 8. The highest BCUT2D eigenvalue weighted by Crippen LogP contribution is 2.50. The minimum atomic E-state index is -1.71. The molecule has 41 heavy (non-hydrogen) atoms. The Morgan fingerprint density at radius 3 is 1.83 bits per heavy atom. The zero-order chi connectivity index (χ0) is 29.2. The summed E-state index contributed by atoms with van der Waals surface area (Å²) in [6.45, 7) is 0.634. The molecular formula is C33H34O8. The molecule has 4 rings (SSSR count). The van der Waals surface area contributed by atoms with Crippen molar-refractivity contribution < 1.29 is 38.3 Å². The summed E-state index contributed by atoms with van der Waals surface area (Å²) in [4.78, 5) is 12.8. The number of methoxy groups -OCH3 is 4. The van der Waals surface area contributed by atoms with Gasteiger partial charge in [0.25, 0.3) is 0 Å². The van der Waals surface area contributed by atoms with E-state index in [0.29, 0.717) is 42.3 Å². The molecule has 8 nitrogen and oxygen atoms in total. The summed E-state index contributed by atoms with van der Waals surface area (Å²) in [7, 11) is 5.77. The average Bonchev–Trinajstić information content (AvgIpc) is 3.02. The molecule has 0 heterocycles. The number of carbonyl (C=O) groups excluding carboxylic acids is 1. The van der Waals surface area contributed by atoms with Crippen LogP contribution in [0, 0.1) is 0 Å². The molecule has 0 saturated carbocycles. The molecule has 8 heteroatoms. The standard InChI is InChI=1S/C33H34O8/c1-36-31-26(16-18-30(32(31)37-2)41-22-24-13-9-6-10-14-24)28(20-34)33(38-3,39-4)27-17-15-25(19-29(27)35)40-21-23-11-7-5-8-12-23/h5-20,28,35H,21-22H2,1-4H3. The highest BCUT2D eigenvalue weighted by Gasteiger charge is 2.46. The number of ether oxygens (including phenoxy) is 6. The van der Waals surface area contributed by atoms with Crippen LogP contribution in [0.3, 0.4) is 0 Å². The second kappa shape index (κ2) is 13.7. The van der Waals surface area contributed by atoms with Crippen LogP contribution in [0.2, 0.25) is 0 Å². The molecule has 0 radical (unpaired) electrons. The molecule has 4 aromatic carbocycles. The first-order chi connectivity index (χ1) is 20.0. The van der Waals surface area contributed by atoms with Gasteiger partial charge in [-0.2, -0.15) is 0 Å². The van der Waals surface area contributed by atoms with Crippen molar-refractivity contribution in [1.29, 1.82) is 0 Å². The van der Waals surface area contributed by atoms with Crippen LogP contribution in [0.1, 0.15) is 28.2 Å². The fourth-order valence-corrected chi connectivity index (χ4v) is 4.79. The molecule has 214 valence electrons. The van der Waals surface area contributed by atoms with Crippen molar-refractivity contribution in [2.24, 2.45) is 0 Å². The van der Waals surface area contributed by atoms with Crippen molar-refractivity contribution in [3.05, 3.63) is 113 Å². The van der Waals surface area contributed by atoms with Gasteiger partial charge in [0.15, 0.2) is 11.5 Å². The van der Waals surface area contributed by atoms with Crippen LogP contribution >= 0.6 is 0 Å². The zero-order valence-corrected chi connectivity index (χ0v) is 23.5. The van der Waals surface area contributed by atoms with Crippen LogP contribution in [-0.4, -0.2) is 39.8 Å². The first kappa shape index (κ1) is 29.5. The summed E-state index contributed by atoms with van der Waals surface area (Å²) >= 11 is 0. The lowest BCUT2D eigenvalue weighted by molar-refractivity contribution is -0.227. The molecule has 1 atom stereocenters. The third kappa shape index (κ3) is 6.29. The lowest BCUT2D eigenvalue weighted by atomic mass is 9.85. The maximum Gasteiger partial charge on any atom is 0.212 e. The third-order valence-electron chi connectivity index (χ3n) is 6.83. The van der Waals surface area contributed by atoms with E-state index in [1.165, 1.54) is 34.5 Å². The molecule has 0 spiro atoms. The Hall–Kier alpha value is -4.53. The van der Waals surface area contributed by atoms with Crippen molar-refractivity contribution in [2.75, 3.05) is 28.4 Å². The third-order valence-corrected chi connectivity index (χ3v) is 6.83. The van der Waals surface area contributed by atoms with Crippen LogP contribution in [0.4, 0.5) is 0 Å². The van der Waals surface area contributed by atoms with Crippen molar-refractivity contribution in [1.82, 2.24) is 0 Å². The monoisotopic (exact) mass is 558 g/mol. The molecule has 0 aliphatic heterocycles. The van der Waals surface area contributed by atoms with Crippen molar-refractivity contribution in [3.8, 4) is 28.7 Å². The Morgan fingerprint density at radius 2 is 1.32 bits per heavy atom. The Labute approximate surface area is 240 Å². The Balaban J connectivity index is 1.68. The number of benzene rings is 4. The molecule has 0 bridgehead atoms. The van der Waals surface area contributed by atoms with Crippen molar-refractivity contribution >= 4 is 6.29 Å². The van der Waals surface area contributed by atoms with E-state index in [-0.39, 0.29) is 17.1 Å². The number of phenolic OH excluding ortho intramolecular Hbond substituents is 1. The normalized spacial score (nSPS) is 11.9. The maximum absolute atomic E-state index is 12.8. The quantitative estimate of drug-likeness (QED) is 0.149. The predicted molar refractivity (Wildman–Crippen MR) is 154 cm³/mol. The van der Waals surface area contributed by atoms with Gasteiger partial charge in [0.05, 0.1) is 19.8 Å². The Bertz CT molecular complexity index is 1420. The van der Waals surface area contributed by atoms with Gasteiger partial charge in [0.1, 0.15) is 36.9 Å². The smallest absolute Gasteiger partial charge is 0.212 e. The summed E-state index contributed by atoms with van der Waals surface area (Å²) in [5.74, 6) is -1.50. The van der Waals surface area contributed by atoms with Gasteiger partial charge in [-0.05, 0) is 29.3 Å². The largest absolute Gasteiger partial charge is 0.507 e. The van der Waals surface area contributed by atoms with E-state index in [1.807, 2.05) is 60.7 Å². The van der Waals surface area contributed by atoms with Crippen molar-refractivity contribution in [3.63, 3.8) is 0 Å². The van der Waals surface area contributed by atoms with Crippen LogP contribution in [0.25, 0.3) is 0 Å². The lowest BCUT2D eigenvalue weighted by Gasteiger charge is -2.37. The lowest BCUT2D eigenvalue weighted by Crippen LogP contribution is -2.39. The van der Waals surface area contributed by atoms with Gasteiger partial charge in [-0.1, -0.05) is 66.7 Å². The molecule has 0 amide bonds. The topological polar surface area (TPSA) is 92.7 Å². The van der Waals surface area contributed by atoms with E-state index in [2.05, 4.69) is 0 Å². The fraction of sp³-hybridized carbons (Fsp3) is 0.242. The molecule has 0 saturated heterocycles. The number of carbonyl (C=O) groups is 1. The Morgan fingerprint density at radius 1 is 0.732 bits per heavy atom. The van der Waals surface area contributed by atoms with Gasteiger partial charge in [-0.15, -0.1) is 0 Å². The molecule has 1 N–H and O–H groups in total. The average molecular weight is 559 g/mol. The Kier molecular flexibility index (Phi) is 9.84. The number of hydrogen-bond donors (Lipinski definition) is 1. The van der Waals surface area contributed by atoms with E-state index in [0.717, 1.165) is 11.1 Å². The second-order valence-corrected chi connectivity index (χ2v) is 9.14. The van der Waals surface area contributed by atoms with Crippen LogP contribution in [-0.2, 0) is 33.3 Å². The first-order valence-electron chi connectivity index (χ1n) is 13.0. The number of phenols is 1. The van der Waals surface area contributed by atoms with Gasteiger partial charge < -0.3 is 38.3 Å². The van der Waals surface area contributed by atoms with Gasteiger partial charge >= 0.3 is 0 Å². The van der Waals surface area contributed by atoms with Gasteiger partial charge in [-0.25, -0.2) is 0 Å². The second-order valence-electron chi connectivity index (χ2n) is 9.14. The summed E-state index contributed by atoms with van der Waals surface area (Å²) in [6, 6.07) is 27.5. The maximum atomic E-state index is 12.8. The first-order valence-corrected chi connectivity index (χ1v) is 13.0. The van der Waals surface area contributed by atoms with Gasteiger partial charge in [0.2, 0.25) is 11.5 Å². The molecule has 4 aromatic rings. The number of rotatable bonds is 14. The van der Waals surface area contributed by atoms with Crippen LogP contribution < -0.4 is 18.9 Å². The highest BCUT2D eigenvalue weighted by atomic mass is 16.7. The van der Waals surface area contributed by atoms with E-state index in [1.54, 1.807) is 24.3 Å². The molecule has 1 unspecified atom stereocenters. The molecular weight excluding hydrogens is 524 g/mol. The van der Waals surface area contributed by atoms with E-state index < -0.39 is 11.7 Å². The number of aldehydes is 1. The van der Waals surface area contributed by atoms with E-state index in [4.69, 9.17) is 28.4 Å². The van der Waals surface area contributed by atoms with Crippen molar-refractivity contribution in [2.45, 2.75) is 24.9 Å². The summed E-state index contributed by atoms with van der Waals surface area (Å²) in [5, 5.41) is 11.1.